The summed E-state index contributed by atoms with van der Waals surface area (Å²) in [5.41, 5.74) is 5.19. The molecule has 5 aromatic carbocycles. The lowest BCUT2D eigenvalue weighted by molar-refractivity contribution is 1.48. The zero-order valence-corrected chi connectivity index (χ0v) is 16.1. The van der Waals surface area contributed by atoms with Crippen molar-refractivity contribution in [3.8, 4) is 34.4 Å². The van der Waals surface area contributed by atoms with Crippen molar-refractivity contribution >= 4 is 21.5 Å². The van der Waals surface area contributed by atoms with Gasteiger partial charge in [0.2, 0.25) is 0 Å². The molecule has 0 fully saturated rings. The largest absolute Gasteiger partial charge is 0.192 e. The van der Waals surface area contributed by atoms with Crippen LogP contribution >= 0.6 is 0 Å². The first-order valence-electron chi connectivity index (χ1n) is 9.74. The van der Waals surface area contributed by atoms with Crippen molar-refractivity contribution in [2.24, 2.45) is 0 Å². The molecule has 0 unspecified atom stereocenters. The molecule has 5 rings (SSSR count). The lowest BCUT2D eigenvalue weighted by atomic mass is 9.90. The van der Waals surface area contributed by atoms with Crippen molar-refractivity contribution in [1.29, 1.82) is 10.5 Å². The van der Waals surface area contributed by atoms with Gasteiger partial charge in [-0.2, -0.15) is 10.5 Å². The Kier molecular flexibility index (Phi) is 4.25. The third-order valence-electron chi connectivity index (χ3n) is 5.56. The van der Waals surface area contributed by atoms with E-state index in [2.05, 4.69) is 36.4 Å². The molecule has 0 aliphatic rings. The molecule has 0 heterocycles. The van der Waals surface area contributed by atoms with Gasteiger partial charge in [0.05, 0.1) is 23.3 Å². The molecule has 0 atom stereocenters. The first-order valence-corrected chi connectivity index (χ1v) is 9.74. The highest BCUT2D eigenvalue weighted by Crippen LogP contribution is 2.36. The van der Waals surface area contributed by atoms with Gasteiger partial charge in [0.1, 0.15) is 0 Å². The van der Waals surface area contributed by atoms with E-state index < -0.39 is 0 Å². The van der Waals surface area contributed by atoms with E-state index in [0.29, 0.717) is 11.1 Å². The van der Waals surface area contributed by atoms with E-state index in [1.165, 1.54) is 0 Å². The number of nitriles is 2. The first-order chi connectivity index (χ1) is 14.8. The average molecular weight is 380 g/mol. The van der Waals surface area contributed by atoms with Crippen LogP contribution in [0.5, 0.6) is 0 Å². The molecule has 2 heteroatoms. The third-order valence-corrected chi connectivity index (χ3v) is 5.56. The van der Waals surface area contributed by atoms with Crippen LogP contribution in [0.1, 0.15) is 11.1 Å². The number of hydrogen-bond acceptors (Lipinski definition) is 2. The summed E-state index contributed by atoms with van der Waals surface area (Å²) < 4.78 is 0. The molecular formula is C28H16N2. The highest BCUT2D eigenvalue weighted by Gasteiger charge is 2.13. The number of benzene rings is 5. The van der Waals surface area contributed by atoms with E-state index in [-0.39, 0.29) is 0 Å². The van der Waals surface area contributed by atoms with E-state index in [0.717, 1.165) is 43.8 Å². The van der Waals surface area contributed by atoms with E-state index in [9.17, 15) is 10.5 Å². The van der Waals surface area contributed by atoms with E-state index in [1.54, 1.807) is 0 Å². The Hall–Kier alpha value is -4.40. The zero-order chi connectivity index (χ0) is 20.5. The Morgan fingerprint density at radius 1 is 0.433 bits per heavy atom. The minimum atomic E-state index is 0.657. The van der Waals surface area contributed by atoms with E-state index in [4.69, 9.17) is 0 Å². The molecule has 2 nitrogen and oxygen atoms in total. The minimum Gasteiger partial charge on any atom is -0.192 e. The van der Waals surface area contributed by atoms with Gasteiger partial charge in [0, 0.05) is 11.1 Å². The van der Waals surface area contributed by atoms with E-state index >= 15 is 0 Å². The molecule has 0 N–H and O–H groups in total. The van der Waals surface area contributed by atoms with Crippen LogP contribution in [0.4, 0.5) is 0 Å². The summed E-state index contributed by atoms with van der Waals surface area (Å²) in [6.45, 7) is 0. The molecule has 0 bridgehead atoms. The summed E-state index contributed by atoms with van der Waals surface area (Å²) in [6.07, 6.45) is 0. The highest BCUT2D eigenvalue weighted by atomic mass is 14.3. The average Bonchev–Trinajstić information content (AvgIpc) is 2.82. The van der Waals surface area contributed by atoms with Gasteiger partial charge < -0.3 is 0 Å². The van der Waals surface area contributed by atoms with Gasteiger partial charge >= 0.3 is 0 Å². The van der Waals surface area contributed by atoms with Crippen molar-refractivity contribution in [3.05, 3.63) is 108 Å². The standard InChI is InChI=1S/C28H16N2/c29-17-23-15-9-19-5-1-3-7-25(19)27(23)21-11-13-22(14-12-21)28-24(18-30)16-10-20-6-2-4-8-26(20)28/h1-16H. The van der Waals surface area contributed by atoms with Crippen LogP contribution in [0.15, 0.2) is 97.1 Å². The molecule has 0 aliphatic heterocycles. The number of hydrogen-bond donors (Lipinski definition) is 0. The number of fused-ring (bicyclic) bond motifs is 2. The van der Waals surface area contributed by atoms with Crippen LogP contribution in [-0.4, -0.2) is 0 Å². The minimum absolute atomic E-state index is 0.657. The quantitative estimate of drug-likeness (QED) is 0.329. The van der Waals surface area contributed by atoms with E-state index in [1.807, 2.05) is 72.8 Å². The second kappa shape index (κ2) is 7.21. The third kappa shape index (κ3) is 2.80. The lowest BCUT2D eigenvalue weighted by Gasteiger charge is -2.12. The van der Waals surface area contributed by atoms with Crippen LogP contribution in [0.25, 0.3) is 43.8 Å². The van der Waals surface area contributed by atoms with Gasteiger partial charge in [-0.1, -0.05) is 84.9 Å². The Labute approximate surface area is 174 Å². The Balaban J connectivity index is 1.71. The molecule has 138 valence electrons. The fourth-order valence-corrected chi connectivity index (χ4v) is 4.15. The predicted molar refractivity (Wildman–Crippen MR) is 122 cm³/mol. The van der Waals surface area contributed by atoms with Crippen molar-refractivity contribution in [3.63, 3.8) is 0 Å². The molecule has 0 spiro atoms. The fraction of sp³-hybridized carbons (Fsp3) is 0. The Morgan fingerprint density at radius 3 is 1.23 bits per heavy atom. The van der Waals surface area contributed by atoms with Gasteiger partial charge in [0.25, 0.3) is 0 Å². The molecule has 0 radical (unpaired) electrons. The zero-order valence-electron chi connectivity index (χ0n) is 16.1. The molecule has 30 heavy (non-hydrogen) atoms. The maximum absolute atomic E-state index is 9.67. The number of rotatable bonds is 2. The molecule has 0 saturated carbocycles. The van der Waals surface area contributed by atoms with Crippen LogP contribution in [0.2, 0.25) is 0 Å². The van der Waals surface area contributed by atoms with Gasteiger partial charge in [-0.25, -0.2) is 0 Å². The molecule has 0 saturated heterocycles. The van der Waals surface area contributed by atoms with Gasteiger partial charge in [-0.05, 0) is 44.8 Å². The molecule has 0 aromatic heterocycles. The molecule has 5 aromatic rings. The first kappa shape index (κ1) is 17.7. The fourth-order valence-electron chi connectivity index (χ4n) is 4.15. The second-order valence-electron chi connectivity index (χ2n) is 7.22. The Morgan fingerprint density at radius 2 is 0.833 bits per heavy atom. The van der Waals surface area contributed by atoms with Crippen molar-refractivity contribution in [2.75, 3.05) is 0 Å². The summed E-state index contributed by atoms with van der Waals surface area (Å²) >= 11 is 0. The van der Waals surface area contributed by atoms with Crippen LogP contribution in [0, 0.1) is 22.7 Å². The topological polar surface area (TPSA) is 47.6 Å². The van der Waals surface area contributed by atoms with Crippen LogP contribution in [-0.2, 0) is 0 Å². The van der Waals surface area contributed by atoms with Crippen molar-refractivity contribution in [1.82, 2.24) is 0 Å². The highest BCUT2D eigenvalue weighted by molar-refractivity contribution is 6.01. The lowest BCUT2D eigenvalue weighted by Crippen LogP contribution is -1.90. The summed E-state index contributed by atoms with van der Waals surface area (Å²) in [6, 6.07) is 36.8. The maximum Gasteiger partial charge on any atom is 0.0998 e. The summed E-state index contributed by atoms with van der Waals surface area (Å²) in [5, 5.41) is 23.7. The maximum atomic E-state index is 9.67. The number of nitrogens with zero attached hydrogens (tertiary/aromatic N) is 2. The summed E-state index contributed by atoms with van der Waals surface area (Å²) in [5.74, 6) is 0. The van der Waals surface area contributed by atoms with Crippen molar-refractivity contribution < 1.29 is 0 Å². The second-order valence-corrected chi connectivity index (χ2v) is 7.22. The SMILES string of the molecule is N#Cc1ccc2ccccc2c1-c1ccc(-c2c(C#N)ccc3ccccc23)cc1. The molecule has 0 amide bonds. The Bertz CT molecular complexity index is 1380. The molecular weight excluding hydrogens is 364 g/mol. The smallest absolute Gasteiger partial charge is 0.0998 e. The van der Waals surface area contributed by atoms with Crippen molar-refractivity contribution in [2.45, 2.75) is 0 Å². The van der Waals surface area contributed by atoms with Gasteiger partial charge in [0.15, 0.2) is 0 Å². The van der Waals surface area contributed by atoms with Gasteiger partial charge in [-0.3, -0.25) is 0 Å². The van der Waals surface area contributed by atoms with Gasteiger partial charge in [-0.15, -0.1) is 0 Å². The monoisotopic (exact) mass is 380 g/mol. The normalized spacial score (nSPS) is 10.6. The van der Waals surface area contributed by atoms with Crippen LogP contribution < -0.4 is 0 Å². The summed E-state index contributed by atoms with van der Waals surface area (Å²) in [7, 11) is 0. The summed E-state index contributed by atoms with van der Waals surface area (Å²) in [4.78, 5) is 0. The molecule has 0 aliphatic carbocycles. The van der Waals surface area contributed by atoms with Crippen LogP contribution in [0.3, 0.4) is 0 Å². The predicted octanol–water partition coefficient (Wildman–Crippen LogP) is 7.07.